The van der Waals surface area contributed by atoms with Crippen molar-refractivity contribution >= 4 is 17.7 Å². The van der Waals surface area contributed by atoms with Gasteiger partial charge < -0.3 is 10.0 Å². The van der Waals surface area contributed by atoms with Gasteiger partial charge in [-0.2, -0.15) is 13.2 Å². The van der Waals surface area contributed by atoms with Crippen molar-refractivity contribution in [3.8, 4) is 0 Å². The SMILES string of the molecule is Cc1cc(C)c(C(=O)CCCC(=O)N2C[C@@H](C(F)(F)F)[C@H](C(=O)O)C2)c(C)c1. The van der Waals surface area contributed by atoms with E-state index < -0.39 is 43.0 Å². The number of halogens is 3. The summed E-state index contributed by atoms with van der Waals surface area (Å²) in [5.41, 5.74) is 3.36. The number of ketones is 1. The maximum atomic E-state index is 13.0. The summed E-state index contributed by atoms with van der Waals surface area (Å²) < 4.78 is 39.0. The van der Waals surface area contributed by atoms with Gasteiger partial charge in [-0.1, -0.05) is 17.7 Å². The molecular formula is C20H24F3NO4. The van der Waals surface area contributed by atoms with Crippen molar-refractivity contribution in [1.82, 2.24) is 4.90 Å². The summed E-state index contributed by atoms with van der Waals surface area (Å²) in [6.07, 6.45) is -4.45. The number of carbonyl (C=O) groups excluding carboxylic acids is 2. The molecule has 2 rings (SSSR count). The van der Waals surface area contributed by atoms with E-state index in [1.54, 1.807) is 0 Å². The highest BCUT2D eigenvalue weighted by Gasteiger charge is 2.53. The summed E-state index contributed by atoms with van der Waals surface area (Å²) in [5.74, 6) is -5.93. The lowest BCUT2D eigenvalue weighted by Crippen LogP contribution is -2.34. The van der Waals surface area contributed by atoms with Crippen LogP contribution in [0.1, 0.15) is 46.3 Å². The van der Waals surface area contributed by atoms with Crippen molar-refractivity contribution < 1.29 is 32.7 Å². The molecule has 5 nitrogen and oxygen atoms in total. The third-order valence-corrected chi connectivity index (χ3v) is 5.16. The van der Waals surface area contributed by atoms with Gasteiger partial charge in [0, 0.05) is 31.5 Å². The zero-order chi connectivity index (χ0) is 21.2. The molecule has 0 aromatic heterocycles. The topological polar surface area (TPSA) is 74.7 Å². The predicted molar refractivity (Wildman–Crippen MR) is 96.1 cm³/mol. The number of benzene rings is 1. The number of hydrogen-bond donors (Lipinski definition) is 1. The number of hydrogen-bond acceptors (Lipinski definition) is 3. The van der Waals surface area contributed by atoms with Gasteiger partial charge in [0.05, 0.1) is 11.8 Å². The Kier molecular flexibility index (Phi) is 6.52. The maximum absolute atomic E-state index is 13.0. The van der Waals surface area contributed by atoms with Crippen LogP contribution in [0, 0.1) is 32.6 Å². The number of rotatable bonds is 6. The van der Waals surface area contributed by atoms with Crippen molar-refractivity contribution in [3.63, 3.8) is 0 Å². The first-order valence-corrected chi connectivity index (χ1v) is 9.10. The standard InChI is InChI=1S/C20H24F3NO4/c1-11-7-12(2)18(13(3)8-11)16(25)5-4-6-17(26)24-9-14(19(27)28)15(10-24)20(21,22)23/h7-8,14-15H,4-6,9-10H2,1-3H3,(H,27,28)/t14-,15-/m1/s1. The fourth-order valence-corrected chi connectivity index (χ4v) is 3.89. The molecule has 1 fully saturated rings. The molecule has 2 atom stereocenters. The van der Waals surface area contributed by atoms with Crippen molar-refractivity contribution in [2.45, 2.75) is 46.2 Å². The van der Waals surface area contributed by atoms with E-state index in [2.05, 4.69) is 0 Å². The Bertz CT molecular complexity index is 765. The van der Waals surface area contributed by atoms with E-state index in [1.807, 2.05) is 32.9 Å². The Labute approximate surface area is 161 Å². The Balaban J connectivity index is 1.94. The van der Waals surface area contributed by atoms with Crippen LogP contribution in [0.2, 0.25) is 0 Å². The van der Waals surface area contributed by atoms with Crippen LogP contribution >= 0.6 is 0 Å². The predicted octanol–water partition coefficient (Wildman–Crippen LogP) is 3.69. The minimum Gasteiger partial charge on any atom is -0.481 e. The summed E-state index contributed by atoms with van der Waals surface area (Å²) in [6.45, 7) is 4.51. The van der Waals surface area contributed by atoms with Crippen LogP contribution in [-0.4, -0.2) is 46.9 Å². The number of alkyl halides is 3. The highest BCUT2D eigenvalue weighted by Crippen LogP contribution is 2.38. The molecule has 1 saturated heterocycles. The quantitative estimate of drug-likeness (QED) is 0.741. The Hall–Kier alpha value is -2.38. The van der Waals surface area contributed by atoms with E-state index >= 15 is 0 Å². The average molecular weight is 399 g/mol. The summed E-state index contributed by atoms with van der Waals surface area (Å²) in [5, 5.41) is 9.01. The fraction of sp³-hybridized carbons (Fsp3) is 0.550. The zero-order valence-electron chi connectivity index (χ0n) is 16.1. The first-order valence-electron chi connectivity index (χ1n) is 9.10. The van der Waals surface area contributed by atoms with Crippen LogP contribution in [0.5, 0.6) is 0 Å². The molecule has 0 spiro atoms. The van der Waals surface area contributed by atoms with Crippen molar-refractivity contribution in [2.75, 3.05) is 13.1 Å². The molecule has 1 aromatic carbocycles. The van der Waals surface area contributed by atoms with Gasteiger partial charge in [0.1, 0.15) is 0 Å². The number of amides is 1. The maximum Gasteiger partial charge on any atom is 0.394 e. The molecule has 1 N–H and O–H groups in total. The van der Waals surface area contributed by atoms with E-state index in [0.29, 0.717) is 5.56 Å². The molecule has 1 aliphatic rings. The summed E-state index contributed by atoms with van der Waals surface area (Å²) in [4.78, 5) is 36.8. The smallest absolute Gasteiger partial charge is 0.394 e. The van der Waals surface area contributed by atoms with Gasteiger partial charge in [0.2, 0.25) is 5.91 Å². The minimum atomic E-state index is -4.67. The van der Waals surface area contributed by atoms with Crippen LogP contribution < -0.4 is 0 Å². The van der Waals surface area contributed by atoms with Gasteiger partial charge in [-0.05, 0) is 38.3 Å². The highest BCUT2D eigenvalue weighted by molar-refractivity contribution is 5.99. The van der Waals surface area contributed by atoms with Crippen molar-refractivity contribution in [2.24, 2.45) is 11.8 Å². The first kappa shape index (κ1) is 21.9. The number of carbonyl (C=O) groups is 3. The van der Waals surface area contributed by atoms with Gasteiger partial charge in [-0.15, -0.1) is 0 Å². The number of aryl methyl sites for hydroxylation is 3. The van der Waals surface area contributed by atoms with Crippen LogP contribution in [-0.2, 0) is 9.59 Å². The van der Waals surface area contributed by atoms with E-state index in [4.69, 9.17) is 5.11 Å². The molecule has 8 heteroatoms. The van der Waals surface area contributed by atoms with Crippen LogP contribution in [0.25, 0.3) is 0 Å². The number of carboxylic acids is 1. The third kappa shape index (κ3) is 4.91. The Morgan fingerprint density at radius 3 is 2.11 bits per heavy atom. The second-order valence-electron chi connectivity index (χ2n) is 7.44. The number of nitrogens with zero attached hydrogens (tertiary/aromatic N) is 1. The normalized spacial score (nSPS) is 19.7. The van der Waals surface area contributed by atoms with Gasteiger partial charge in [0.25, 0.3) is 0 Å². The molecule has 1 amide bonds. The molecular weight excluding hydrogens is 375 g/mol. The Morgan fingerprint density at radius 2 is 1.64 bits per heavy atom. The van der Waals surface area contributed by atoms with Gasteiger partial charge in [0.15, 0.2) is 5.78 Å². The van der Waals surface area contributed by atoms with Crippen LogP contribution in [0.3, 0.4) is 0 Å². The lowest BCUT2D eigenvalue weighted by Gasteiger charge is -2.18. The van der Waals surface area contributed by atoms with Gasteiger partial charge in [-0.3, -0.25) is 14.4 Å². The lowest BCUT2D eigenvalue weighted by atomic mass is 9.94. The number of carboxylic acid groups (broad SMARTS) is 1. The molecule has 0 saturated carbocycles. The monoisotopic (exact) mass is 399 g/mol. The summed E-state index contributed by atoms with van der Waals surface area (Å²) in [6, 6.07) is 3.80. The van der Waals surface area contributed by atoms with E-state index in [1.165, 1.54) is 0 Å². The molecule has 1 heterocycles. The highest BCUT2D eigenvalue weighted by atomic mass is 19.4. The van der Waals surface area contributed by atoms with E-state index in [0.717, 1.165) is 21.6 Å². The molecule has 0 unspecified atom stereocenters. The third-order valence-electron chi connectivity index (χ3n) is 5.16. The minimum absolute atomic E-state index is 0.0907. The second-order valence-corrected chi connectivity index (χ2v) is 7.44. The molecule has 28 heavy (non-hydrogen) atoms. The first-order chi connectivity index (χ1) is 12.9. The van der Waals surface area contributed by atoms with Crippen LogP contribution in [0.4, 0.5) is 13.2 Å². The van der Waals surface area contributed by atoms with Crippen molar-refractivity contribution in [3.05, 3.63) is 34.4 Å². The lowest BCUT2D eigenvalue weighted by molar-refractivity contribution is -0.188. The molecule has 154 valence electrons. The fourth-order valence-electron chi connectivity index (χ4n) is 3.89. The van der Waals surface area contributed by atoms with Gasteiger partial charge >= 0.3 is 12.1 Å². The molecule has 0 bridgehead atoms. The summed E-state index contributed by atoms with van der Waals surface area (Å²) >= 11 is 0. The van der Waals surface area contributed by atoms with E-state index in [-0.39, 0.29) is 25.0 Å². The average Bonchev–Trinajstić information content (AvgIpc) is 2.99. The van der Waals surface area contributed by atoms with Crippen molar-refractivity contribution in [1.29, 1.82) is 0 Å². The number of likely N-dealkylation sites (tertiary alicyclic amines) is 1. The molecule has 1 aromatic rings. The second kappa shape index (κ2) is 8.32. The summed E-state index contributed by atoms with van der Waals surface area (Å²) in [7, 11) is 0. The van der Waals surface area contributed by atoms with Crippen LogP contribution in [0.15, 0.2) is 12.1 Å². The number of aliphatic carboxylic acids is 1. The largest absolute Gasteiger partial charge is 0.481 e. The zero-order valence-corrected chi connectivity index (χ0v) is 16.1. The molecule has 1 aliphatic heterocycles. The molecule has 0 aliphatic carbocycles. The Morgan fingerprint density at radius 1 is 1.07 bits per heavy atom. The number of Topliss-reactive ketones (excluding diaryl/α,β-unsaturated/α-hetero) is 1. The van der Waals surface area contributed by atoms with Gasteiger partial charge in [-0.25, -0.2) is 0 Å². The van der Waals surface area contributed by atoms with E-state index in [9.17, 15) is 27.6 Å². The molecule has 0 radical (unpaired) electrons.